The van der Waals surface area contributed by atoms with Gasteiger partial charge in [0, 0.05) is 25.8 Å². The van der Waals surface area contributed by atoms with Crippen LogP contribution in [0.25, 0.3) is 0 Å². The second kappa shape index (κ2) is 5.52. The van der Waals surface area contributed by atoms with Gasteiger partial charge in [0.2, 0.25) is 0 Å². The van der Waals surface area contributed by atoms with Crippen molar-refractivity contribution in [3.05, 3.63) is 29.3 Å². The number of nitrogens with zero attached hydrogens (tertiary/aromatic N) is 1. The Kier molecular flexibility index (Phi) is 3.99. The van der Waals surface area contributed by atoms with Crippen LogP contribution >= 0.6 is 0 Å². The highest BCUT2D eigenvalue weighted by Crippen LogP contribution is 2.19. The monoisotopic (exact) mass is 270 g/mol. The number of benzene rings is 1. The zero-order valence-electron chi connectivity index (χ0n) is 10.7. The van der Waals surface area contributed by atoms with Crippen molar-refractivity contribution >= 4 is 11.6 Å². The van der Waals surface area contributed by atoms with Gasteiger partial charge >= 0.3 is 0 Å². The molecule has 0 aliphatic carbocycles. The van der Waals surface area contributed by atoms with Crippen LogP contribution in [0.2, 0.25) is 0 Å². The average Bonchev–Trinajstić information content (AvgIpc) is 2.87. The molecule has 1 saturated heterocycles. The molecule has 1 aliphatic heterocycles. The van der Waals surface area contributed by atoms with Crippen molar-refractivity contribution in [2.75, 3.05) is 25.9 Å². The molecule has 1 heterocycles. The Labute approximate surface area is 110 Å². The van der Waals surface area contributed by atoms with Crippen LogP contribution in [-0.4, -0.2) is 37.1 Å². The van der Waals surface area contributed by atoms with Crippen LogP contribution in [0.15, 0.2) is 12.1 Å². The van der Waals surface area contributed by atoms with E-state index in [1.54, 1.807) is 7.05 Å². The molecule has 6 heteroatoms. The minimum Gasteiger partial charge on any atom is -0.394 e. The van der Waals surface area contributed by atoms with E-state index < -0.39 is 23.2 Å². The fourth-order valence-electron chi connectivity index (χ4n) is 2.10. The van der Waals surface area contributed by atoms with E-state index in [1.165, 1.54) is 4.90 Å². The summed E-state index contributed by atoms with van der Waals surface area (Å²) in [7, 11) is 1.58. The van der Waals surface area contributed by atoms with Gasteiger partial charge in [-0.05, 0) is 25.0 Å². The molecule has 0 aromatic heterocycles. The third kappa shape index (κ3) is 3.01. The molecule has 0 bridgehead atoms. The summed E-state index contributed by atoms with van der Waals surface area (Å²) in [5, 5.41) is 0. The summed E-state index contributed by atoms with van der Waals surface area (Å²) in [5.41, 5.74) is 4.54. The van der Waals surface area contributed by atoms with Gasteiger partial charge in [-0.2, -0.15) is 0 Å². The first-order chi connectivity index (χ1) is 8.99. The van der Waals surface area contributed by atoms with Gasteiger partial charge in [0.1, 0.15) is 17.3 Å². The number of hydrogen-bond donors (Lipinski definition) is 1. The van der Waals surface area contributed by atoms with Crippen molar-refractivity contribution in [3.8, 4) is 0 Å². The number of nitrogen functional groups attached to an aromatic ring is 1. The quantitative estimate of drug-likeness (QED) is 0.852. The zero-order valence-corrected chi connectivity index (χ0v) is 10.7. The third-order valence-corrected chi connectivity index (χ3v) is 3.17. The van der Waals surface area contributed by atoms with Crippen molar-refractivity contribution in [2.45, 2.75) is 18.9 Å². The number of amides is 1. The van der Waals surface area contributed by atoms with Crippen molar-refractivity contribution in [2.24, 2.45) is 0 Å². The predicted molar refractivity (Wildman–Crippen MR) is 66.7 cm³/mol. The first-order valence-electron chi connectivity index (χ1n) is 6.10. The van der Waals surface area contributed by atoms with Crippen LogP contribution in [0.4, 0.5) is 14.5 Å². The molecule has 4 nitrogen and oxygen atoms in total. The molecule has 1 atom stereocenters. The summed E-state index contributed by atoms with van der Waals surface area (Å²) >= 11 is 0. The van der Waals surface area contributed by atoms with Gasteiger partial charge in [0.25, 0.3) is 5.91 Å². The van der Waals surface area contributed by atoms with Crippen molar-refractivity contribution in [3.63, 3.8) is 0 Å². The van der Waals surface area contributed by atoms with Gasteiger partial charge in [-0.1, -0.05) is 0 Å². The maximum Gasteiger partial charge on any atom is 0.253 e. The number of anilines is 1. The maximum atomic E-state index is 13.3. The molecule has 1 aliphatic rings. The Bertz CT molecular complexity index is 465. The van der Waals surface area contributed by atoms with E-state index in [2.05, 4.69) is 0 Å². The second-order valence-corrected chi connectivity index (χ2v) is 4.67. The number of ether oxygens (including phenoxy) is 1. The van der Waals surface area contributed by atoms with E-state index in [4.69, 9.17) is 10.5 Å². The highest BCUT2D eigenvalue weighted by Gasteiger charge is 2.22. The minimum absolute atomic E-state index is 0.00238. The number of nitrogens with two attached hydrogens (primary N) is 1. The van der Waals surface area contributed by atoms with Crippen LogP contribution in [0.5, 0.6) is 0 Å². The first kappa shape index (κ1) is 13.7. The fraction of sp³-hybridized carbons (Fsp3) is 0.462. The molecule has 1 amide bonds. The number of halogens is 2. The Balaban J connectivity index is 2.10. The van der Waals surface area contributed by atoms with E-state index in [1.807, 2.05) is 0 Å². The number of carbonyl (C=O) groups is 1. The average molecular weight is 270 g/mol. The van der Waals surface area contributed by atoms with E-state index in [0.29, 0.717) is 13.2 Å². The Hall–Kier alpha value is -1.69. The Morgan fingerprint density at radius 1 is 1.47 bits per heavy atom. The molecule has 1 aromatic rings. The van der Waals surface area contributed by atoms with Crippen LogP contribution < -0.4 is 5.73 Å². The molecule has 1 unspecified atom stereocenters. The van der Waals surface area contributed by atoms with Gasteiger partial charge in [0.15, 0.2) is 0 Å². The summed E-state index contributed by atoms with van der Waals surface area (Å²) < 4.78 is 32.0. The van der Waals surface area contributed by atoms with Crippen LogP contribution in [0.1, 0.15) is 23.2 Å². The normalized spacial score (nSPS) is 18.6. The lowest BCUT2D eigenvalue weighted by molar-refractivity contribution is 0.0586. The molecule has 1 fully saturated rings. The second-order valence-electron chi connectivity index (χ2n) is 4.67. The van der Waals surface area contributed by atoms with Gasteiger partial charge in [-0.15, -0.1) is 0 Å². The minimum atomic E-state index is -0.922. The first-order valence-corrected chi connectivity index (χ1v) is 6.10. The summed E-state index contributed by atoms with van der Waals surface area (Å²) in [6.45, 7) is 1.10. The lowest BCUT2D eigenvalue weighted by Crippen LogP contribution is -2.34. The molecule has 2 N–H and O–H groups in total. The molecule has 1 aromatic carbocycles. The molecular formula is C13H16F2N2O2. The molecule has 0 saturated carbocycles. The summed E-state index contributed by atoms with van der Waals surface area (Å²) in [6, 6.07) is 1.90. The van der Waals surface area contributed by atoms with Crippen LogP contribution in [0.3, 0.4) is 0 Å². The van der Waals surface area contributed by atoms with E-state index in [9.17, 15) is 13.6 Å². The SMILES string of the molecule is CN(CC1CCCO1)C(=O)c1cc(F)c(N)c(F)c1. The van der Waals surface area contributed by atoms with Crippen LogP contribution in [0, 0.1) is 11.6 Å². The number of rotatable bonds is 3. The molecule has 2 rings (SSSR count). The van der Waals surface area contributed by atoms with E-state index in [-0.39, 0.29) is 11.7 Å². The number of hydrogen-bond acceptors (Lipinski definition) is 3. The Morgan fingerprint density at radius 3 is 2.63 bits per heavy atom. The number of likely N-dealkylation sites (N-methyl/N-ethyl adjacent to an activating group) is 1. The molecule has 0 radical (unpaired) electrons. The standard InChI is InChI=1S/C13H16F2N2O2/c1-17(7-9-3-2-4-19-9)13(18)8-5-10(14)12(16)11(15)6-8/h5-6,9H,2-4,7,16H2,1H3. The van der Waals surface area contributed by atoms with Gasteiger partial charge in [0.05, 0.1) is 6.10 Å². The summed E-state index contributed by atoms with van der Waals surface area (Å²) in [6.07, 6.45) is 1.86. The molecule has 0 spiro atoms. The molecule has 104 valence electrons. The Morgan fingerprint density at radius 2 is 2.11 bits per heavy atom. The van der Waals surface area contributed by atoms with Crippen molar-refractivity contribution < 1.29 is 18.3 Å². The fourth-order valence-corrected chi connectivity index (χ4v) is 2.10. The zero-order chi connectivity index (χ0) is 14.0. The van der Waals surface area contributed by atoms with Gasteiger partial charge in [-0.3, -0.25) is 4.79 Å². The van der Waals surface area contributed by atoms with Crippen LogP contribution in [-0.2, 0) is 4.74 Å². The molecule has 19 heavy (non-hydrogen) atoms. The molecular weight excluding hydrogens is 254 g/mol. The van der Waals surface area contributed by atoms with Gasteiger partial charge < -0.3 is 15.4 Å². The lowest BCUT2D eigenvalue weighted by atomic mass is 10.1. The third-order valence-electron chi connectivity index (χ3n) is 3.17. The predicted octanol–water partition coefficient (Wildman–Crippen LogP) is 1.80. The van der Waals surface area contributed by atoms with E-state index >= 15 is 0 Å². The van der Waals surface area contributed by atoms with Crippen molar-refractivity contribution in [1.82, 2.24) is 4.90 Å². The van der Waals surface area contributed by atoms with Gasteiger partial charge in [-0.25, -0.2) is 8.78 Å². The highest BCUT2D eigenvalue weighted by molar-refractivity contribution is 5.94. The number of carbonyl (C=O) groups excluding carboxylic acids is 1. The highest BCUT2D eigenvalue weighted by atomic mass is 19.1. The summed E-state index contributed by atoms with van der Waals surface area (Å²) in [4.78, 5) is 13.4. The maximum absolute atomic E-state index is 13.3. The topological polar surface area (TPSA) is 55.6 Å². The largest absolute Gasteiger partial charge is 0.394 e. The smallest absolute Gasteiger partial charge is 0.253 e. The summed E-state index contributed by atoms with van der Waals surface area (Å²) in [5.74, 6) is -2.30. The van der Waals surface area contributed by atoms with E-state index in [0.717, 1.165) is 25.0 Å². The lowest BCUT2D eigenvalue weighted by Gasteiger charge is -2.21. The van der Waals surface area contributed by atoms with Crippen molar-refractivity contribution in [1.29, 1.82) is 0 Å².